The number of hydrogen-bond acceptors (Lipinski definition) is 4. The number of nitrogens with zero attached hydrogens (tertiary/aromatic N) is 2. The lowest BCUT2D eigenvalue weighted by molar-refractivity contribution is -0.121. The van der Waals surface area contributed by atoms with Crippen molar-refractivity contribution in [3.63, 3.8) is 0 Å². The van der Waals surface area contributed by atoms with Gasteiger partial charge in [-0.1, -0.05) is 102 Å². The fourth-order valence-electron chi connectivity index (χ4n) is 3.61. The van der Waals surface area contributed by atoms with Crippen molar-refractivity contribution in [1.29, 1.82) is 0 Å². The Labute approximate surface area is 202 Å². The average Bonchev–Trinajstić information content (AvgIpc) is 2.79. The lowest BCUT2D eigenvalue weighted by atomic mass is 9.95. The molecule has 0 spiro atoms. The van der Waals surface area contributed by atoms with Gasteiger partial charge in [0.15, 0.2) is 0 Å². The van der Waals surface area contributed by atoms with Crippen LogP contribution in [-0.2, 0) is 16.1 Å². The highest BCUT2D eigenvalue weighted by Gasteiger charge is 2.13. The minimum Gasteiger partial charge on any atom is -0.360 e. The molecule has 1 amide bonds. The highest BCUT2D eigenvalue weighted by molar-refractivity contribution is 6.01. The lowest BCUT2D eigenvalue weighted by Gasteiger charge is -2.14. The van der Waals surface area contributed by atoms with Crippen LogP contribution in [0.15, 0.2) is 41.8 Å². The largest absolute Gasteiger partial charge is 0.360 e. The normalized spacial score (nSPS) is 12.6. The van der Waals surface area contributed by atoms with Crippen LogP contribution in [0.1, 0.15) is 89.7 Å². The number of rotatable bonds is 18. The Morgan fingerprint density at radius 1 is 1.03 bits per heavy atom. The van der Waals surface area contributed by atoms with Gasteiger partial charge < -0.3 is 15.1 Å². The summed E-state index contributed by atoms with van der Waals surface area (Å²) in [4.78, 5) is 19.2. The van der Waals surface area contributed by atoms with E-state index in [4.69, 9.17) is 4.84 Å². The molecule has 0 heterocycles. The zero-order valence-electron chi connectivity index (χ0n) is 21.8. The third kappa shape index (κ3) is 13.2. The molecule has 1 aromatic rings. The molecule has 5 heteroatoms. The van der Waals surface area contributed by atoms with Crippen molar-refractivity contribution < 1.29 is 9.63 Å². The van der Waals surface area contributed by atoms with Gasteiger partial charge in [-0.2, -0.15) is 0 Å². The molecule has 0 radical (unpaired) electrons. The summed E-state index contributed by atoms with van der Waals surface area (Å²) in [5.74, 6) is 0.622. The number of hydrogen-bond donors (Lipinski definition) is 1. The topological polar surface area (TPSA) is 53.9 Å². The van der Waals surface area contributed by atoms with Crippen molar-refractivity contribution in [3.8, 4) is 0 Å². The second-order valence-electron chi connectivity index (χ2n) is 9.35. The third-order valence-corrected chi connectivity index (χ3v) is 5.86. The molecule has 0 aliphatic carbocycles. The van der Waals surface area contributed by atoms with Crippen molar-refractivity contribution in [2.24, 2.45) is 11.1 Å². The van der Waals surface area contributed by atoms with Gasteiger partial charge in [-0.05, 0) is 44.5 Å². The van der Waals surface area contributed by atoms with E-state index in [0.717, 1.165) is 24.1 Å². The van der Waals surface area contributed by atoms with Crippen LogP contribution in [0.2, 0.25) is 0 Å². The maximum atomic E-state index is 11.8. The van der Waals surface area contributed by atoms with E-state index in [2.05, 4.69) is 62.1 Å². The zero-order chi connectivity index (χ0) is 24.5. The van der Waals surface area contributed by atoms with Crippen LogP contribution >= 0.6 is 0 Å². The van der Waals surface area contributed by atoms with E-state index < -0.39 is 0 Å². The van der Waals surface area contributed by atoms with Gasteiger partial charge in [0, 0.05) is 5.92 Å². The Kier molecular flexibility index (Phi) is 15.2. The van der Waals surface area contributed by atoms with Gasteiger partial charge in [-0.3, -0.25) is 4.79 Å². The Bertz CT molecular complexity index is 710. The molecule has 0 saturated carbocycles. The molecule has 0 aliphatic rings. The first-order valence-corrected chi connectivity index (χ1v) is 12.8. The van der Waals surface area contributed by atoms with Gasteiger partial charge in [0.05, 0.1) is 18.8 Å². The van der Waals surface area contributed by atoms with Crippen LogP contribution in [0.5, 0.6) is 0 Å². The first-order chi connectivity index (χ1) is 15.9. The third-order valence-electron chi connectivity index (χ3n) is 5.86. The number of carbonyl (C=O) groups is 1. The maximum absolute atomic E-state index is 11.8. The molecule has 0 saturated heterocycles. The molecule has 5 nitrogen and oxygen atoms in total. The van der Waals surface area contributed by atoms with E-state index in [-0.39, 0.29) is 18.4 Å². The predicted molar refractivity (Wildman–Crippen MR) is 141 cm³/mol. The maximum Gasteiger partial charge on any atom is 0.234 e. The number of benzene rings is 1. The van der Waals surface area contributed by atoms with Crippen LogP contribution in [0.25, 0.3) is 0 Å². The first kappa shape index (κ1) is 28.9. The standard InChI is InChI=1S/C28H47N3O2/c1-7-9-10-11-12-13-14-15-16-25-17-19-26(20-18-25)28(23(3)8-2)30-33-24(4)21-29-27(32)22-31(5)6/h17-20,23H,4,7-16,21-22H2,1-3,5-6H3,(H,29,32)/b30-28+. The quantitative estimate of drug-likeness (QED) is 0.121. The number of likely N-dealkylation sites (N-methyl/N-ethyl adjacent to an activating group) is 1. The molecule has 1 aromatic carbocycles. The summed E-state index contributed by atoms with van der Waals surface area (Å²) in [5, 5.41) is 7.20. The Balaban J connectivity index is 2.54. The number of aryl methyl sites for hydroxylation is 1. The molecule has 1 rings (SSSR count). The molecular weight excluding hydrogens is 410 g/mol. The summed E-state index contributed by atoms with van der Waals surface area (Å²) in [6, 6.07) is 8.72. The molecule has 1 N–H and O–H groups in total. The van der Waals surface area contributed by atoms with Crippen molar-refractivity contribution in [1.82, 2.24) is 10.2 Å². The van der Waals surface area contributed by atoms with Crippen LogP contribution < -0.4 is 5.32 Å². The molecular formula is C28H47N3O2. The number of oxime groups is 1. The highest BCUT2D eigenvalue weighted by Crippen LogP contribution is 2.17. The zero-order valence-corrected chi connectivity index (χ0v) is 21.8. The van der Waals surface area contributed by atoms with E-state index in [1.807, 2.05) is 19.0 Å². The van der Waals surface area contributed by atoms with Crippen LogP contribution in [-0.4, -0.2) is 43.7 Å². The van der Waals surface area contributed by atoms with E-state index in [1.54, 1.807) is 0 Å². The Hall–Kier alpha value is -2.14. The second-order valence-corrected chi connectivity index (χ2v) is 9.35. The number of nitrogens with one attached hydrogen (secondary N) is 1. The van der Waals surface area contributed by atoms with Gasteiger partial charge in [-0.25, -0.2) is 0 Å². The molecule has 0 bridgehead atoms. The fraction of sp³-hybridized carbons (Fsp3) is 0.643. The van der Waals surface area contributed by atoms with Crippen molar-refractivity contribution in [2.45, 2.75) is 85.0 Å². The molecule has 1 atom stereocenters. The van der Waals surface area contributed by atoms with Crippen LogP contribution in [0.3, 0.4) is 0 Å². The number of carbonyl (C=O) groups excluding carboxylic acids is 1. The smallest absolute Gasteiger partial charge is 0.234 e. The van der Waals surface area contributed by atoms with Crippen LogP contribution in [0, 0.1) is 5.92 Å². The minimum atomic E-state index is -0.0667. The molecule has 0 aliphatic heterocycles. The minimum absolute atomic E-state index is 0.0667. The van der Waals surface area contributed by atoms with Gasteiger partial charge in [0.1, 0.15) is 5.76 Å². The van der Waals surface area contributed by atoms with Gasteiger partial charge in [0.2, 0.25) is 5.91 Å². The molecule has 0 aromatic heterocycles. The van der Waals surface area contributed by atoms with Crippen molar-refractivity contribution in [3.05, 3.63) is 47.7 Å². The number of unbranched alkanes of at least 4 members (excludes halogenated alkanes) is 7. The monoisotopic (exact) mass is 457 g/mol. The molecule has 0 fully saturated rings. The Morgan fingerprint density at radius 2 is 1.64 bits per heavy atom. The highest BCUT2D eigenvalue weighted by atomic mass is 16.6. The first-order valence-electron chi connectivity index (χ1n) is 12.8. The SMILES string of the molecule is C=C(CNC(=O)CN(C)C)O/N=C(/c1ccc(CCCCCCCCCC)cc1)C(C)CC. The number of amides is 1. The molecule has 33 heavy (non-hydrogen) atoms. The lowest BCUT2D eigenvalue weighted by Crippen LogP contribution is -2.34. The fourth-order valence-corrected chi connectivity index (χ4v) is 3.61. The van der Waals surface area contributed by atoms with Gasteiger partial charge in [-0.15, -0.1) is 0 Å². The summed E-state index contributed by atoms with van der Waals surface area (Å²) < 4.78 is 0. The van der Waals surface area contributed by atoms with Gasteiger partial charge in [0.25, 0.3) is 0 Å². The average molecular weight is 458 g/mol. The van der Waals surface area contributed by atoms with E-state index in [1.165, 1.54) is 56.9 Å². The van der Waals surface area contributed by atoms with Crippen molar-refractivity contribution >= 4 is 11.6 Å². The van der Waals surface area contributed by atoms with Gasteiger partial charge >= 0.3 is 0 Å². The second kappa shape index (κ2) is 17.4. The van der Waals surface area contributed by atoms with E-state index in [0.29, 0.717) is 12.3 Å². The molecule has 1 unspecified atom stereocenters. The van der Waals surface area contributed by atoms with Crippen molar-refractivity contribution in [2.75, 3.05) is 27.2 Å². The van der Waals surface area contributed by atoms with E-state index >= 15 is 0 Å². The summed E-state index contributed by atoms with van der Waals surface area (Å²) >= 11 is 0. The summed E-state index contributed by atoms with van der Waals surface area (Å²) in [7, 11) is 3.71. The Morgan fingerprint density at radius 3 is 2.21 bits per heavy atom. The summed E-state index contributed by atoms with van der Waals surface area (Å²) in [6.07, 6.45) is 12.9. The molecule has 186 valence electrons. The van der Waals surface area contributed by atoms with Crippen LogP contribution in [0.4, 0.5) is 0 Å². The predicted octanol–water partition coefficient (Wildman–Crippen LogP) is 6.33. The summed E-state index contributed by atoms with van der Waals surface area (Å²) in [6.45, 7) is 11.0. The van der Waals surface area contributed by atoms with E-state index in [9.17, 15) is 4.79 Å². The summed E-state index contributed by atoms with van der Waals surface area (Å²) in [5.41, 5.74) is 3.37.